The van der Waals surface area contributed by atoms with E-state index in [0.717, 1.165) is 38.3 Å². The zero-order valence-electron chi connectivity index (χ0n) is 15.5. The van der Waals surface area contributed by atoms with Crippen molar-refractivity contribution in [2.45, 2.75) is 19.7 Å². The molecule has 2 aromatic rings. The van der Waals surface area contributed by atoms with E-state index in [1.165, 1.54) is 5.56 Å². The highest BCUT2D eigenvalue weighted by atomic mass is 16.5. The monoisotopic (exact) mass is 357 g/mol. The number of amides is 1. The number of likely N-dealkylation sites (N-methyl/N-ethyl adjacent to an activating group) is 1. The molecular formula is C20H27N3O3. The Morgan fingerprint density at radius 1 is 1.08 bits per heavy atom. The maximum absolute atomic E-state index is 12.1. The molecule has 0 radical (unpaired) electrons. The number of furan rings is 1. The summed E-state index contributed by atoms with van der Waals surface area (Å²) in [6.45, 7) is 6.31. The summed E-state index contributed by atoms with van der Waals surface area (Å²) in [5.41, 5.74) is 2.38. The minimum atomic E-state index is -0.214. The van der Waals surface area contributed by atoms with Crippen molar-refractivity contribution in [2.24, 2.45) is 0 Å². The number of methoxy groups -OCH3 is 1. The van der Waals surface area contributed by atoms with Crippen LogP contribution in [0, 0.1) is 0 Å². The van der Waals surface area contributed by atoms with E-state index >= 15 is 0 Å². The summed E-state index contributed by atoms with van der Waals surface area (Å²) in [6.07, 6.45) is 0. The van der Waals surface area contributed by atoms with Gasteiger partial charge in [-0.3, -0.25) is 9.69 Å². The molecule has 1 aliphatic rings. The van der Waals surface area contributed by atoms with Gasteiger partial charge in [0.1, 0.15) is 12.4 Å². The second-order valence-corrected chi connectivity index (χ2v) is 6.78. The fraction of sp³-hybridized carbons (Fsp3) is 0.450. The Labute approximate surface area is 154 Å². The number of carbonyl (C=O) groups is 1. The van der Waals surface area contributed by atoms with E-state index in [1.54, 1.807) is 19.2 Å². The number of hydrogen-bond donors (Lipinski definition) is 1. The van der Waals surface area contributed by atoms with Crippen LogP contribution in [-0.2, 0) is 24.4 Å². The SMILES string of the molecule is COCc1ccc(C(=O)NCc2ccc(CN3CCN(C)CC3)cc2)o1. The highest BCUT2D eigenvalue weighted by molar-refractivity contribution is 5.91. The highest BCUT2D eigenvalue weighted by Crippen LogP contribution is 2.11. The summed E-state index contributed by atoms with van der Waals surface area (Å²) >= 11 is 0. The second-order valence-electron chi connectivity index (χ2n) is 6.78. The van der Waals surface area contributed by atoms with Gasteiger partial charge in [-0.2, -0.15) is 0 Å². The Morgan fingerprint density at radius 3 is 2.46 bits per heavy atom. The molecule has 1 aromatic carbocycles. The van der Waals surface area contributed by atoms with Gasteiger partial charge in [0.25, 0.3) is 5.91 Å². The molecule has 1 saturated heterocycles. The Hall–Kier alpha value is -2.15. The van der Waals surface area contributed by atoms with Crippen molar-refractivity contribution in [3.8, 4) is 0 Å². The fourth-order valence-electron chi connectivity index (χ4n) is 3.02. The predicted molar refractivity (Wildman–Crippen MR) is 99.8 cm³/mol. The van der Waals surface area contributed by atoms with E-state index in [4.69, 9.17) is 9.15 Å². The lowest BCUT2D eigenvalue weighted by Gasteiger charge is -2.32. The summed E-state index contributed by atoms with van der Waals surface area (Å²) in [5.74, 6) is 0.739. The Kier molecular flexibility index (Phi) is 6.44. The van der Waals surface area contributed by atoms with Crippen LogP contribution in [0.1, 0.15) is 27.4 Å². The first-order valence-electron chi connectivity index (χ1n) is 8.98. The van der Waals surface area contributed by atoms with E-state index in [1.807, 2.05) is 0 Å². The van der Waals surface area contributed by atoms with Crippen molar-refractivity contribution in [3.05, 3.63) is 59.0 Å². The van der Waals surface area contributed by atoms with Crippen LogP contribution in [0.25, 0.3) is 0 Å². The van der Waals surface area contributed by atoms with Crippen LogP contribution in [0.4, 0.5) is 0 Å². The summed E-state index contributed by atoms with van der Waals surface area (Å²) in [7, 11) is 3.76. The van der Waals surface area contributed by atoms with Gasteiger partial charge in [0.15, 0.2) is 5.76 Å². The molecule has 0 saturated carbocycles. The maximum atomic E-state index is 12.1. The van der Waals surface area contributed by atoms with E-state index in [0.29, 0.717) is 24.7 Å². The lowest BCUT2D eigenvalue weighted by molar-refractivity contribution is 0.0914. The largest absolute Gasteiger partial charge is 0.453 e. The van der Waals surface area contributed by atoms with Gasteiger partial charge in [-0.1, -0.05) is 24.3 Å². The number of ether oxygens (including phenoxy) is 1. The molecule has 1 fully saturated rings. The van der Waals surface area contributed by atoms with Crippen molar-refractivity contribution in [3.63, 3.8) is 0 Å². The fourth-order valence-corrected chi connectivity index (χ4v) is 3.02. The Balaban J connectivity index is 1.47. The quantitative estimate of drug-likeness (QED) is 0.822. The van der Waals surface area contributed by atoms with Crippen LogP contribution in [0.3, 0.4) is 0 Å². The third kappa shape index (κ3) is 5.17. The van der Waals surface area contributed by atoms with E-state index in [9.17, 15) is 4.79 Å². The topological polar surface area (TPSA) is 58.0 Å². The van der Waals surface area contributed by atoms with Crippen LogP contribution in [0.15, 0.2) is 40.8 Å². The third-order valence-electron chi connectivity index (χ3n) is 4.65. The summed E-state index contributed by atoms with van der Waals surface area (Å²) < 4.78 is 10.4. The molecule has 26 heavy (non-hydrogen) atoms. The zero-order valence-corrected chi connectivity index (χ0v) is 15.5. The second kappa shape index (κ2) is 8.98. The Morgan fingerprint density at radius 2 is 1.77 bits per heavy atom. The van der Waals surface area contributed by atoms with Gasteiger partial charge in [-0.25, -0.2) is 0 Å². The molecule has 0 spiro atoms. The number of nitrogens with zero attached hydrogens (tertiary/aromatic N) is 2. The van der Waals surface area contributed by atoms with Crippen molar-refractivity contribution in [1.82, 2.24) is 15.1 Å². The van der Waals surface area contributed by atoms with Gasteiger partial charge in [0.2, 0.25) is 0 Å². The molecule has 1 amide bonds. The highest BCUT2D eigenvalue weighted by Gasteiger charge is 2.14. The van der Waals surface area contributed by atoms with Gasteiger partial charge in [-0.05, 0) is 30.3 Å². The first-order chi connectivity index (χ1) is 12.6. The molecule has 1 aromatic heterocycles. The van der Waals surface area contributed by atoms with Gasteiger partial charge >= 0.3 is 0 Å². The average Bonchev–Trinajstić information content (AvgIpc) is 3.12. The minimum Gasteiger partial charge on any atom is -0.453 e. The maximum Gasteiger partial charge on any atom is 0.287 e. The number of benzene rings is 1. The first-order valence-corrected chi connectivity index (χ1v) is 8.98. The lowest BCUT2D eigenvalue weighted by atomic mass is 10.1. The lowest BCUT2D eigenvalue weighted by Crippen LogP contribution is -2.43. The molecule has 140 valence electrons. The van der Waals surface area contributed by atoms with Gasteiger partial charge in [-0.15, -0.1) is 0 Å². The molecule has 1 N–H and O–H groups in total. The van der Waals surface area contributed by atoms with Crippen LogP contribution in [0.2, 0.25) is 0 Å². The van der Waals surface area contributed by atoms with Gasteiger partial charge in [0, 0.05) is 46.4 Å². The molecule has 6 nitrogen and oxygen atoms in total. The molecule has 1 aliphatic heterocycles. The van der Waals surface area contributed by atoms with Crippen LogP contribution in [0.5, 0.6) is 0 Å². The molecule has 0 atom stereocenters. The average molecular weight is 357 g/mol. The molecule has 0 unspecified atom stereocenters. The van der Waals surface area contributed by atoms with Crippen molar-refractivity contribution >= 4 is 5.91 Å². The molecule has 2 heterocycles. The third-order valence-corrected chi connectivity index (χ3v) is 4.65. The Bertz CT molecular complexity index is 703. The number of piperazine rings is 1. The van der Waals surface area contributed by atoms with Crippen molar-refractivity contribution in [2.75, 3.05) is 40.3 Å². The van der Waals surface area contributed by atoms with E-state index in [-0.39, 0.29) is 5.91 Å². The predicted octanol–water partition coefficient (Wildman–Crippen LogP) is 2.10. The summed E-state index contributed by atoms with van der Waals surface area (Å²) in [6, 6.07) is 11.9. The van der Waals surface area contributed by atoms with E-state index in [2.05, 4.69) is 46.4 Å². The number of carbonyl (C=O) groups excluding carboxylic acids is 1. The van der Waals surface area contributed by atoms with Crippen molar-refractivity contribution in [1.29, 1.82) is 0 Å². The smallest absolute Gasteiger partial charge is 0.287 e. The minimum absolute atomic E-state index is 0.214. The molecule has 0 aliphatic carbocycles. The summed E-state index contributed by atoms with van der Waals surface area (Å²) in [5, 5.41) is 2.89. The molecular weight excluding hydrogens is 330 g/mol. The standard InChI is InChI=1S/C20H27N3O3/c1-22-9-11-23(12-10-22)14-17-5-3-16(4-6-17)13-21-20(24)19-8-7-18(26-19)15-25-2/h3-8H,9-15H2,1-2H3,(H,21,24). The van der Waals surface area contributed by atoms with Gasteiger partial charge in [0.05, 0.1) is 0 Å². The van der Waals surface area contributed by atoms with Crippen molar-refractivity contribution < 1.29 is 13.9 Å². The summed E-state index contributed by atoms with van der Waals surface area (Å²) in [4.78, 5) is 17.0. The number of rotatable bonds is 7. The molecule has 6 heteroatoms. The van der Waals surface area contributed by atoms with Crippen LogP contribution in [-0.4, -0.2) is 56.0 Å². The van der Waals surface area contributed by atoms with Crippen LogP contribution < -0.4 is 5.32 Å². The normalized spacial score (nSPS) is 15.9. The molecule has 3 rings (SSSR count). The number of hydrogen-bond acceptors (Lipinski definition) is 5. The van der Waals surface area contributed by atoms with Crippen LogP contribution >= 0.6 is 0 Å². The van der Waals surface area contributed by atoms with E-state index < -0.39 is 0 Å². The molecule has 0 bridgehead atoms. The zero-order chi connectivity index (χ0) is 18.4. The first kappa shape index (κ1) is 18.6. The number of nitrogens with one attached hydrogen (secondary N) is 1. The van der Waals surface area contributed by atoms with Gasteiger partial charge < -0.3 is 19.4 Å².